The summed E-state index contributed by atoms with van der Waals surface area (Å²) in [6.07, 6.45) is 0. The monoisotopic (exact) mass is 677 g/mol. The second-order valence-electron chi connectivity index (χ2n) is 13.2. The van der Waals surface area contributed by atoms with Crippen LogP contribution >= 0.6 is 0 Å². The van der Waals surface area contributed by atoms with Crippen molar-refractivity contribution < 1.29 is 4.42 Å². The van der Waals surface area contributed by atoms with Crippen LogP contribution in [0, 0.1) is 0 Å². The van der Waals surface area contributed by atoms with E-state index in [1.54, 1.807) is 0 Å². The summed E-state index contributed by atoms with van der Waals surface area (Å²) in [5, 5.41) is 4.18. The third-order valence-electron chi connectivity index (χ3n) is 9.90. The molecule has 4 heteroatoms. The summed E-state index contributed by atoms with van der Waals surface area (Å²) in [5.41, 5.74) is 11.0. The zero-order valence-electron chi connectivity index (χ0n) is 28.6. The number of hydrogen-bond donors (Lipinski definition) is 0. The van der Waals surface area contributed by atoms with Gasteiger partial charge in [0.2, 0.25) is 0 Å². The zero-order chi connectivity index (χ0) is 35.1. The van der Waals surface area contributed by atoms with Gasteiger partial charge in [0.25, 0.3) is 0 Å². The van der Waals surface area contributed by atoms with Gasteiger partial charge in [-0.2, -0.15) is 0 Å². The highest BCUT2D eigenvalue weighted by molar-refractivity contribution is 6.18. The summed E-state index contributed by atoms with van der Waals surface area (Å²) in [4.78, 5) is 15.8. The van der Waals surface area contributed by atoms with E-state index in [9.17, 15) is 0 Å². The van der Waals surface area contributed by atoms with Gasteiger partial charge in [-0.25, -0.2) is 15.0 Å². The molecule has 0 amide bonds. The largest absolute Gasteiger partial charge is 0.455 e. The van der Waals surface area contributed by atoms with Crippen LogP contribution < -0.4 is 0 Å². The molecule has 2 heterocycles. The third kappa shape index (κ3) is 5.63. The lowest BCUT2D eigenvalue weighted by Crippen LogP contribution is -2.01. The standard InChI is InChI=1S/C49H31N3O/c1-4-14-32(15-5-1)36-21-12-22-37(28-36)47-50-48(40-30-38(33-16-6-2-7-17-33)29-39(31-40)34-18-8-3-9-19-34)52-49(51-47)43-24-13-20-35-26-27-42-41-23-10-11-25-44(41)53-46(42)45(35)43/h1-31H. The molecule has 0 fully saturated rings. The Morgan fingerprint density at radius 2 is 0.830 bits per heavy atom. The minimum absolute atomic E-state index is 0.583. The molecule has 0 saturated heterocycles. The lowest BCUT2D eigenvalue weighted by molar-refractivity contribution is 0.672. The molecule has 10 rings (SSSR count). The van der Waals surface area contributed by atoms with Crippen molar-refractivity contribution in [2.45, 2.75) is 0 Å². The SMILES string of the molecule is c1ccc(-c2cccc(-c3nc(-c4cc(-c5ccccc5)cc(-c5ccccc5)c4)nc(-c4cccc5ccc6c7ccccc7oc6c45)n3)c2)cc1. The molecule has 0 saturated carbocycles. The summed E-state index contributed by atoms with van der Waals surface area (Å²) in [6, 6.07) is 65.2. The number of rotatable bonds is 6. The number of fused-ring (bicyclic) bond motifs is 5. The lowest BCUT2D eigenvalue weighted by atomic mass is 9.95. The van der Waals surface area contributed by atoms with Gasteiger partial charge in [0.15, 0.2) is 17.5 Å². The Bertz CT molecular complexity index is 2880. The number of para-hydroxylation sites is 1. The molecule has 2 aromatic heterocycles. The molecule has 8 aromatic carbocycles. The van der Waals surface area contributed by atoms with Gasteiger partial charge in [-0.3, -0.25) is 0 Å². The summed E-state index contributed by atoms with van der Waals surface area (Å²) >= 11 is 0. The molecule has 0 radical (unpaired) electrons. The maximum absolute atomic E-state index is 6.58. The predicted molar refractivity (Wildman–Crippen MR) is 217 cm³/mol. The zero-order valence-corrected chi connectivity index (χ0v) is 28.6. The molecule has 248 valence electrons. The highest BCUT2D eigenvalue weighted by Gasteiger charge is 2.19. The van der Waals surface area contributed by atoms with Gasteiger partial charge >= 0.3 is 0 Å². The van der Waals surface area contributed by atoms with Crippen molar-refractivity contribution in [1.82, 2.24) is 15.0 Å². The molecule has 53 heavy (non-hydrogen) atoms. The fourth-order valence-corrected chi connectivity index (χ4v) is 7.31. The van der Waals surface area contributed by atoms with E-state index in [1.165, 1.54) is 0 Å². The Morgan fingerprint density at radius 3 is 1.53 bits per heavy atom. The van der Waals surface area contributed by atoms with Crippen molar-refractivity contribution in [2.24, 2.45) is 0 Å². The second kappa shape index (κ2) is 12.9. The Morgan fingerprint density at radius 1 is 0.321 bits per heavy atom. The van der Waals surface area contributed by atoms with Crippen LogP contribution in [0.15, 0.2) is 192 Å². The molecular weight excluding hydrogens is 647 g/mol. The minimum atomic E-state index is 0.583. The maximum Gasteiger partial charge on any atom is 0.164 e. The molecule has 0 bridgehead atoms. The van der Waals surface area contributed by atoms with Gasteiger partial charge in [-0.05, 0) is 75.2 Å². The Labute approximate surface area is 306 Å². The molecule has 4 nitrogen and oxygen atoms in total. The summed E-state index contributed by atoms with van der Waals surface area (Å²) in [7, 11) is 0. The molecule has 0 aliphatic carbocycles. The summed E-state index contributed by atoms with van der Waals surface area (Å²) < 4.78 is 6.58. The van der Waals surface area contributed by atoms with Crippen molar-refractivity contribution >= 4 is 32.7 Å². The lowest BCUT2D eigenvalue weighted by Gasteiger charge is -2.13. The molecular formula is C49H31N3O. The Hall–Kier alpha value is -7.17. The number of aromatic nitrogens is 3. The first-order chi connectivity index (χ1) is 26.2. The highest BCUT2D eigenvalue weighted by atomic mass is 16.3. The minimum Gasteiger partial charge on any atom is -0.455 e. The number of benzene rings is 8. The van der Waals surface area contributed by atoms with Crippen molar-refractivity contribution in [3.05, 3.63) is 188 Å². The summed E-state index contributed by atoms with van der Waals surface area (Å²) in [5.74, 6) is 1.78. The van der Waals surface area contributed by atoms with E-state index in [0.29, 0.717) is 17.5 Å². The van der Waals surface area contributed by atoms with E-state index in [2.05, 4.69) is 158 Å². The van der Waals surface area contributed by atoms with Crippen LogP contribution in [-0.2, 0) is 0 Å². The van der Waals surface area contributed by atoms with Gasteiger partial charge < -0.3 is 4.42 Å². The van der Waals surface area contributed by atoms with E-state index >= 15 is 0 Å². The molecule has 10 aromatic rings. The molecule has 0 aliphatic heterocycles. The molecule has 0 N–H and O–H groups in total. The van der Waals surface area contributed by atoms with E-state index in [4.69, 9.17) is 19.4 Å². The average molecular weight is 678 g/mol. The normalized spacial score (nSPS) is 11.4. The summed E-state index contributed by atoms with van der Waals surface area (Å²) in [6.45, 7) is 0. The third-order valence-corrected chi connectivity index (χ3v) is 9.90. The van der Waals surface area contributed by atoms with Crippen molar-refractivity contribution in [3.63, 3.8) is 0 Å². The first-order valence-corrected chi connectivity index (χ1v) is 17.8. The highest BCUT2D eigenvalue weighted by Crippen LogP contribution is 2.40. The fraction of sp³-hybridized carbons (Fsp3) is 0. The maximum atomic E-state index is 6.58. The fourth-order valence-electron chi connectivity index (χ4n) is 7.31. The Balaban J connectivity index is 1.24. The molecule has 0 spiro atoms. The van der Waals surface area contributed by atoms with Crippen molar-refractivity contribution in [1.29, 1.82) is 0 Å². The first kappa shape index (κ1) is 30.6. The topological polar surface area (TPSA) is 51.8 Å². The Kier molecular flexibility index (Phi) is 7.43. The van der Waals surface area contributed by atoms with Gasteiger partial charge in [0.05, 0.1) is 0 Å². The number of furan rings is 1. The van der Waals surface area contributed by atoms with E-state index < -0.39 is 0 Å². The van der Waals surface area contributed by atoms with Crippen LogP contribution in [0.2, 0.25) is 0 Å². The number of nitrogens with zero attached hydrogens (tertiary/aromatic N) is 3. The van der Waals surface area contributed by atoms with Crippen LogP contribution in [-0.4, -0.2) is 15.0 Å². The van der Waals surface area contributed by atoms with Crippen LogP contribution in [0.25, 0.3) is 100 Å². The van der Waals surface area contributed by atoms with Gasteiger partial charge in [0.1, 0.15) is 11.2 Å². The predicted octanol–water partition coefficient (Wildman–Crippen LogP) is 12.9. The quantitative estimate of drug-likeness (QED) is 0.176. The van der Waals surface area contributed by atoms with Crippen molar-refractivity contribution in [3.8, 4) is 67.5 Å². The van der Waals surface area contributed by atoms with E-state index in [0.717, 1.165) is 82.8 Å². The molecule has 0 unspecified atom stereocenters. The smallest absolute Gasteiger partial charge is 0.164 e. The van der Waals surface area contributed by atoms with Gasteiger partial charge in [0, 0.05) is 32.8 Å². The van der Waals surface area contributed by atoms with Gasteiger partial charge in [-0.1, -0.05) is 152 Å². The van der Waals surface area contributed by atoms with Crippen LogP contribution in [0.4, 0.5) is 0 Å². The number of hydrogen-bond acceptors (Lipinski definition) is 4. The van der Waals surface area contributed by atoms with Crippen LogP contribution in [0.1, 0.15) is 0 Å². The van der Waals surface area contributed by atoms with Crippen LogP contribution in [0.3, 0.4) is 0 Å². The molecule has 0 atom stereocenters. The van der Waals surface area contributed by atoms with Crippen LogP contribution in [0.5, 0.6) is 0 Å². The first-order valence-electron chi connectivity index (χ1n) is 17.8. The van der Waals surface area contributed by atoms with E-state index in [-0.39, 0.29) is 0 Å². The van der Waals surface area contributed by atoms with Crippen molar-refractivity contribution in [2.75, 3.05) is 0 Å². The average Bonchev–Trinajstić information content (AvgIpc) is 3.63. The van der Waals surface area contributed by atoms with Gasteiger partial charge in [-0.15, -0.1) is 0 Å². The molecule has 0 aliphatic rings. The second-order valence-corrected chi connectivity index (χ2v) is 13.2. The van der Waals surface area contributed by atoms with E-state index in [1.807, 2.05) is 30.3 Å².